The number of rotatable bonds is 5. The van der Waals surface area contributed by atoms with Crippen molar-refractivity contribution in [3.05, 3.63) is 60.2 Å². The Morgan fingerprint density at radius 1 is 1.14 bits per heavy atom. The van der Waals surface area contributed by atoms with Gasteiger partial charge in [0.1, 0.15) is 0 Å². The van der Waals surface area contributed by atoms with Gasteiger partial charge in [-0.1, -0.05) is 54.2 Å². The minimum Gasteiger partial charge on any atom is -0.319 e. The average molecular weight is 310 g/mol. The number of imidazole rings is 1. The monoisotopic (exact) mass is 310 g/mol. The molecule has 22 heavy (non-hydrogen) atoms. The highest BCUT2D eigenvalue weighted by Gasteiger charge is 2.19. The molecule has 0 radical (unpaired) electrons. The first kappa shape index (κ1) is 14.9. The molecule has 1 unspecified atom stereocenters. The van der Waals surface area contributed by atoms with Crippen LogP contribution in [0.25, 0.3) is 11.0 Å². The van der Waals surface area contributed by atoms with Crippen LogP contribution in [0, 0.1) is 0 Å². The van der Waals surface area contributed by atoms with Crippen LogP contribution in [-0.4, -0.2) is 20.6 Å². The van der Waals surface area contributed by atoms with Gasteiger partial charge >= 0.3 is 0 Å². The predicted molar refractivity (Wildman–Crippen MR) is 91.5 cm³/mol. The van der Waals surface area contributed by atoms with Crippen LogP contribution in [0.4, 0.5) is 0 Å². The maximum Gasteiger partial charge on any atom is 0.175 e. The van der Waals surface area contributed by atoms with Gasteiger partial charge in [-0.15, -0.1) is 0 Å². The Hall–Kier alpha value is -2.07. The summed E-state index contributed by atoms with van der Waals surface area (Å²) in [6, 6.07) is 17.5. The number of carbonyl (C=O) groups excluding carboxylic acids is 1. The second kappa shape index (κ2) is 6.36. The molecule has 3 nitrogen and oxygen atoms in total. The van der Waals surface area contributed by atoms with Crippen molar-refractivity contribution in [3.63, 3.8) is 0 Å². The normalized spacial score (nSPS) is 12.5. The van der Waals surface area contributed by atoms with Crippen LogP contribution >= 0.6 is 11.8 Å². The van der Waals surface area contributed by atoms with E-state index in [-0.39, 0.29) is 11.0 Å². The predicted octanol–water partition coefficient (Wildman–Crippen LogP) is 4.42. The number of thioether (sulfide) groups is 1. The molecule has 1 atom stereocenters. The van der Waals surface area contributed by atoms with Crippen molar-refractivity contribution < 1.29 is 4.79 Å². The SMILES string of the molecule is CCn1c(SC(C)C(=O)c2ccccc2)nc2ccccc21. The summed E-state index contributed by atoms with van der Waals surface area (Å²) in [6.45, 7) is 4.89. The van der Waals surface area contributed by atoms with Crippen LogP contribution in [0.3, 0.4) is 0 Å². The van der Waals surface area contributed by atoms with Crippen molar-refractivity contribution in [2.24, 2.45) is 0 Å². The molecule has 0 aliphatic rings. The molecule has 0 saturated heterocycles. The lowest BCUT2D eigenvalue weighted by Crippen LogP contribution is -2.14. The van der Waals surface area contributed by atoms with E-state index in [1.54, 1.807) is 0 Å². The average Bonchev–Trinajstić information content (AvgIpc) is 2.91. The molecular formula is C18H18N2OS. The summed E-state index contributed by atoms with van der Waals surface area (Å²) in [7, 11) is 0. The van der Waals surface area contributed by atoms with Gasteiger partial charge < -0.3 is 4.57 Å². The van der Waals surface area contributed by atoms with Crippen molar-refractivity contribution >= 4 is 28.6 Å². The summed E-state index contributed by atoms with van der Waals surface area (Å²) in [4.78, 5) is 17.2. The van der Waals surface area contributed by atoms with Gasteiger partial charge in [0.2, 0.25) is 0 Å². The Kier molecular flexibility index (Phi) is 4.29. The molecule has 0 saturated carbocycles. The summed E-state index contributed by atoms with van der Waals surface area (Å²) < 4.78 is 2.16. The van der Waals surface area contributed by atoms with Gasteiger partial charge in [-0.2, -0.15) is 0 Å². The molecule has 1 heterocycles. The highest BCUT2D eigenvalue weighted by Crippen LogP contribution is 2.28. The molecule has 112 valence electrons. The van der Waals surface area contributed by atoms with Crippen LogP contribution in [0.15, 0.2) is 59.8 Å². The zero-order valence-electron chi connectivity index (χ0n) is 12.7. The van der Waals surface area contributed by atoms with Crippen molar-refractivity contribution in [2.45, 2.75) is 30.8 Å². The van der Waals surface area contributed by atoms with Gasteiger partial charge in [0.05, 0.1) is 16.3 Å². The molecule has 1 aromatic heterocycles. The summed E-state index contributed by atoms with van der Waals surface area (Å²) in [6.07, 6.45) is 0. The summed E-state index contributed by atoms with van der Waals surface area (Å²) in [5.41, 5.74) is 2.85. The number of ketones is 1. The Bertz CT molecular complexity index is 795. The first-order chi connectivity index (χ1) is 10.7. The number of nitrogens with zero attached hydrogens (tertiary/aromatic N) is 2. The molecule has 0 aliphatic heterocycles. The molecule has 0 fully saturated rings. The topological polar surface area (TPSA) is 34.9 Å². The Morgan fingerprint density at radius 3 is 2.55 bits per heavy atom. The van der Waals surface area contributed by atoms with Gasteiger partial charge in [0.15, 0.2) is 10.9 Å². The number of benzene rings is 2. The molecule has 4 heteroatoms. The van der Waals surface area contributed by atoms with E-state index in [4.69, 9.17) is 0 Å². The van der Waals surface area contributed by atoms with Crippen LogP contribution in [0.5, 0.6) is 0 Å². The highest BCUT2D eigenvalue weighted by atomic mass is 32.2. The fourth-order valence-corrected chi connectivity index (χ4v) is 3.56. The van der Waals surface area contributed by atoms with Crippen molar-refractivity contribution in [2.75, 3.05) is 0 Å². The van der Waals surface area contributed by atoms with Gasteiger partial charge in [0.25, 0.3) is 0 Å². The number of para-hydroxylation sites is 2. The molecule has 2 aromatic carbocycles. The van der Waals surface area contributed by atoms with Crippen molar-refractivity contribution in [1.29, 1.82) is 0 Å². The molecule has 0 aliphatic carbocycles. The maximum absolute atomic E-state index is 12.5. The van der Waals surface area contributed by atoms with Gasteiger partial charge in [0, 0.05) is 12.1 Å². The number of Topliss-reactive ketones (excluding diaryl/α,β-unsaturated/α-hetero) is 1. The molecule has 0 spiro atoms. The number of hydrogen-bond acceptors (Lipinski definition) is 3. The quantitative estimate of drug-likeness (QED) is 0.517. The molecule has 3 aromatic rings. The summed E-state index contributed by atoms with van der Waals surface area (Å²) in [5.74, 6) is 0.139. The zero-order chi connectivity index (χ0) is 15.5. The zero-order valence-corrected chi connectivity index (χ0v) is 13.5. The molecule has 0 amide bonds. The number of hydrogen-bond donors (Lipinski definition) is 0. The second-order valence-electron chi connectivity index (χ2n) is 5.12. The van der Waals surface area contributed by atoms with E-state index >= 15 is 0 Å². The van der Waals surface area contributed by atoms with Crippen molar-refractivity contribution in [3.8, 4) is 0 Å². The fourth-order valence-electron chi connectivity index (χ4n) is 2.50. The van der Waals surface area contributed by atoms with E-state index in [0.717, 1.165) is 28.3 Å². The molecule has 0 N–H and O–H groups in total. The Labute approximate surface area is 134 Å². The van der Waals surface area contributed by atoms with Gasteiger partial charge in [-0.05, 0) is 26.0 Å². The first-order valence-electron chi connectivity index (χ1n) is 7.42. The highest BCUT2D eigenvalue weighted by molar-refractivity contribution is 8.00. The van der Waals surface area contributed by atoms with Crippen LogP contribution in [0.1, 0.15) is 24.2 Å². The fraction of sp³-hybridized carbons (Fsp3) is 0.222. The van der Waals surface area contributed by atoms with E-state index in [2.05, 4.69) is 22.5 Å². The Balaban J connectivity index is 1.88. The Morgan fingerprint density at radius 2 is 1.82 bits per heavy atom. The number of aryl methyl sites for hydroxylation is 1. The van der Waals surface area contributed by atoms with E-state index in [1.165, 1.54) is 11.8 Å². The standard InChI is InChI=1S/C18H18N2OS/c1-3-20-16-12-8-7-11-15(16)19-18(20)22-13(2)17(21)14-9-5-4-6-10-14/h4-13H,3H2,1-2H3. The number of carbonyl (C=O) groups is 1. The molecule has 0 bridgehead atoms. The lowest BCUT2D eigenvalue weighted by Gasteiger charge is -2.11. The van der Waals surface area contributed by atoms with Gasteiger partial charge in [-0.25, -0.2) is 4.98 Å². The first-order valence-corrected chi connectivity index (χ1v) is 8.30. The van der Waals surface area contributed by atoms with Crippen LogP contribution < -0.4 is 0 Å². The lowest BCUT2D eigenvalue weighted by atomic mass is 10.1. The summed E-state index contributed by atoms with van der Waals surface area (Å²) in [5, 5.41) is 0.741. The van der Waals surface area contributed by atoms with Crippen molar-refractivity contribution in [1.82, 2.24) is 9.55 Å². The van der Waals surface area contributed by atoms with Crippen LogP contribution in [-0.2, 0) is 6.54 Å². The molecular weight excluding hydrogens is 292 g/mol. The smallest absolute Gasteiger partial charge is 0.175 e. The third-order valence-electron chi connectivity index (χ3n) is 3.65. The van der Waals surface area contributed by atoms with E-state index < -0.39 is 0 Å². The summed E-state index contributed by atoms with van der Waals surface area (Å²) >= 11 is 1.53. The third-order valence-corrected chi connectivity index (χ3v) is 4.74. The largest absolute Gasteiger partial charge is 0.319 e. The lowest BCUT2D eigenvalue weighted by molar-refractivity contribution is 0.0994. The number of fused-ring (bicyclic) bond motifs is 1. The molecule has 3 rings (SSSR count). The van der Waals surface area contributed by atoms with E-state index in [1.807, 2.05) is 55.5 Å². The maximum atomic E-state index is 12.5. The minimum atomic E-state index is -0.162. The van der Waals surface area contributed by atoms with E-state index in [9.17, 15) is 4.79 Å². The third kappa shape index (κ3) is 2.79. The van der Waals surface area contributed by atoms with Crippen LogP contribution in [0.2, 0.25) is 0 Å². The van der Waals surface area contributed by atoms with E-state index in [0.29, 0.717) is 0 Å². The minimum absolute atomic E-state index is 0.139. The van der Waals surface area contributed by atoms with Gasteiger partial charge in [-0.3, -0.25) is 4.79 Å². The second-order valence-corrected chi connectivity index (χ2v) is 6.43. The number of aromatic nitrogens is 2.